The van der Waals surface area contributed by atoms with E-state index in [-0.39, 0.29) is 5.60 Å². The number of alkyl halides is 1. The van der Waals surface area contributed by atoms with E-state index in [1.54, 1.807) is 0 Å². The second-order valence-electron chi connectivity index (χ2n) is 5.54. The fourth-order valence-corrected chi connectivity index (χ4v) is 2.44. The highest BCUT2D eigenvalue weighted by molar-refractivity contribution is 9.09. The summed E-state index contributed by atoms with van der Waals surface area (Å²) in [4.78, 5) is 3.14. The number of piperidine rings is 1. The molecule has 0 bridgehead atoms. The third-order valence-corrected chi connectivity index (χ3v) is 4.09. The molecular formula is C12H24BrNO. The zero-order valence-corrected chi connectivity index (χ0v) is 12.0. The molecule has 1 saturated heterocycles. The molecule has 0 spiro atoms. The molecule has 0 radical (unpaired) electrons. The fourth-order valence-electron chi connectivity index (χ4n) is 1.77. The smallest absolute Gasteiger partial charge is 0.0600 e. The van der Waals surface area contributed by atoms with Gasteiger partial charge in [0.25, 0.3) is 0 Å². The lowest BCUT2D eigenvalue weighted by Gasteiger charge is -2.34. The molecule has 1 aliphatic rings. The van der Waals surface area contributed by atoms with E-state index in [0.29, 0.717) is 4.83 Å². The van der Waals surface area contributed by atoms with Crippen LogP contribution in [-0.4, -0.2) is 41.6 Å². The van der Waals surface area contributed by atoms with Gasteiger partial charge in [-0.05, 0) is 39.7 Å². The summed E-state index contributed by atoms with van der Waals surface area (Å²) in [6, 6.07) is 0. The Kier molecular flexibility index (Phi) is 5.07. The molecule has 0 N–H and O–H groups in total. The fraction of sp³-hybridized carbons (Fsp3) is 1.00. The summed E-state index contributed by atoms with van der Waals surface area (Å²) < 4.78 is 5.74. The highest BCUT2D eigenvalue weighted by atomic mass is 79.9. The van der Waals surface area contributed by atoms with Crippen molar-refractivity contribution in [3.8, 4) is 0 Å². The molecule has 0 aliphatic carbocycles. The predicted octanol–water partition coefficient (Wildman–Crippen LogP) is 2.91. The molecule has 1 rings (SSSR count). The van der Waals surface area contributed by atoms with Crippen LogP contribution in [0, 0.1) is 5.92 Å². The van der Waals surface area contributed by atoms with E-state index in [4.69, 9.17) is 4.74 Å². The van der Waals surface area contributed by atoms with Gasteiger partial charge >= 0.3 is 0 Å². The molecule has 3 heteroatoms. The van der Waals surface area contributed by atoms with Crippen LogP contribution in [0.15, 0.2) is 0 Å². The van der Waals surface area contributed by atoms with Crippen molar-refractivity contribution >= 4 is 15.9 Å². The van der Waals surface area contributed by atoms with Gasteiger partial charge in [-0.1, -0.05) is 22.9 Å². The Bertz CT molecular complexity index is 191. The molecule has 2 nitrogen and oxygen atoms in total. The van der Waals surface area contributed by atoms with Crippen LogP contribution in [0.5, 0.6) is 0 Å². The number of halogens is 1. The number of nitrogens with zero attached hydrogens (tertiary/aromatic N) is 1. The molecule has 90 valence electrons. The Morgan fingerprint density at radius 2 is 2.07 bits per heavy atom. The van der Waals surface area contributed by atoms with Gasteiger partial charge in [0.05, 0.1) is 12.2 Å². The van der Waals surface area contributed by atoms with Crippen molar-refractivity contribution < 1.29 is 4.74 Å². The summed E-state index contributed by atoms with van der Waals surface area (Å²) in [5.74, 6) is 0.810. The molecule has 0 saturated carbocycles. The number of hydrogen-bond donors (Lipinski definition) is 0. The number of rotatable bonds is 3. The molecule has 0 aromatic carbocycles. The average molecular weight is 278 g/mol. The molecule has 0 aromatic rings. The average Bonchev–Trinajstić information content (AvgIpc) is 2.09. The van der Waals surface area contributed by atoms with E-state index in [2.05, 4.69) is 48.5 Å². The number of likely N-dealkylation sites (tertiary alicyclic amines) is 1. The third kappa shape index (κ3) is 5.32. The summed E-state index contributed by atoms with van der Waals surface area (Å²) >= 11 is 3.74. The minimum absolute atomic E-state index is 0.00309. The second kappa shape index (κ2) is 5.65. The van der Waals surface area contributed by atoms with E-state index in [0.717, 1.165) is 25.6 Å². The van der Waals surface area contributed by atoms with E-state index >= 15 is 0 Å². The SMILES string of the molecule is CC1CCN(CCOC(C)(C)C)CC1Br. The van der Waals surface area contributed by atoms with Gasteiger partial charge in [0.2, 0.25) is 0 Å². The van der Waals surface area contributed by atoms with E-state index in [9.17, 15) is 0 Å². The first-order valence-corrected chi connectivity index (χ1v) is 6.80. The van der Waals surface area contributed by atoms with Gasteiger partial charge in [-0.15, -0.1) is 0 Å². The Morgan fingerprint density at radius 3 is 2.60 bits per heavy atom. The highest BCUT2D eigenvalue weighted by Gasteiger charge is 2.23. The maximum absolute atomic E-state index is 5.74. The molecule has 0 amide bonds. The first-order chi connectivity index (χ1) is 6.88. The van der Waals surface area contributed by atoms with Crippen LogP contribution in [0.3, 0.4) is 0 Å². The van der Waals surface area contributed by atoms with Crippen molar-refractivity contribution in [2.75, 3.05) is 26.2 Å². The van der Waals surface area contributed by atoms with Crippen molar-refractivity contribution in [2.24, 2.45) is 5.92 Å². The summed E-state index contributed by atoms with van der Waals surface area (Å²) in [6.45, 7) is 12.9. The van der Waals surface area contributed by atoms with Crippen molar-refractivity contribution in [1.29, 1.82) is 0 Å². The largest absolute Gasteiger partial charge is 0.375 e. The summed E-state index contributed by atoms with van der Waals surface area (Å²) in [5, 5.41) is 0. The lowest BCUT2D eigenvalue weighted by atomic mass is 9.99. The van der Waals surface area contributed by atoms with Gasteiger partial charge < -0.3 is 4.74 Å². The number of hydrogen-bond acceptors (Lipinski definition) is 2. The van der Waals surface area contributed by atoms with Crippen molar-refractivity contribution in [2.45, 2.75) is 44.5 Å². The van der Waals surface area contributed by atoms with Gasteiger partial charge in [0.15, 0.2) is 0 Å². The second-order valence-corrected chi connectivity index (χ2v) is 6.72. The van der Waals surface area contributed by atoms with Crippen molar-refractivity contribution in [3.05, 3.63) is 0 Å². The highest BCUT2D eigenvalue weighted by Crippen LogP contribution is 2.23. The minimum Gasteiger partial charge on any atom is -0.375 e. The third-order valence-electron chi connectivity index (χ3n) is 2.89. The van der Waals surface area contributed by atoms with Crippen LogP contribution in [-0.2, 0) is 4.74 Å². The lowest BCUT2D eigenvalue weighted by Crippen LogP contribution is -2.42. The van der Waals surface area contributed by atoms with Crippen LogP contribution in [0.4, 0.5) is 0 Å². The monoisotopic (exact) mass is 277 g/mol. The van der Waals surface area contributed by atoms with Gasteiger partial charge in [-0.2, -0.15) is 0 Å². The van der Waals surface area contributed by atoms with Crippen molar-refractivity contribution in [1.82, 2.24) is 4.90 Å². The minimum atomic E-state index is -0.00309. The van der Waals surface area contributed by atoms with Crippen LogP contribution < -0.4 is 0 Å². The lowest BCUT2D eigenvalue weighted by molar-refractivity contribution is -0.0155. The zero-order chi connectivity index (χ0) is 11.5. The van der Waals surface area contributed by atoms with Gasteiger partial charge in [-0.25, -0.2) is 0 Å². The van der Waals surface area contributed by atoms with Crippen LogP contribution in [0.2, 0.25) is 0 Å². The van der Waals surface area contributed by atoms with Crippen LogP contribution >= 0.6 is 15.9 Å². The topological polar surface area (TPSA) is 12.5 Å². The van der Waals surface area contributed by atoms with Crippen LogP contribution in [0.25, 0.3) is 0 Å². The summed E-state index contributed by atoms with van der Waals surface area (Å²) in [7, 11) is 0. The molecule has 15 heavy (non-hydrogen) atoms. The molecule has 1 heterocycles. The molecule has 2 unspecified atom stereocenters. The Labute approximate surface area is 102 Å². The Balaban J connectivity index is 2.17. The summed E-state index contributed by atoms with van der Waals surface area (Å²) in [5.41, 5.74) is -0.00309. The molecule has 2 atom stereocenters. The molecule has 1 fully saturated rings. The van der Waals surface area contributed by atoms with Crippen molar-refractivity contribution in [3.63, 3.8) is 0 Å². The standard InChI is InChI=1S/C12H24BrNO/c1-10-5-6-14(9-11(10)13)7-8-15-12(2,3)4/h10-11H,5-9H2,1-4H3. The zero-order valence-electron chi connectivity index (χ0n) is 10.4. The van der Waals surface area contributed by atoms with Gasteiger partial charge in [0.1, 0.15) is 0 Å². The molecule has 0 aromatic heterocycles. The molecular weight excluding hydrogens is 254 g/mol. The summed E-state index contributed by atoms with van der Waals surface area (Å²) in [6.07, 6.45) is 1.30. The Hall–Kier alpha value is 0.400. The maximum atomic E-state index is 5.74. The normalized spacial score (nSPS) is 29.4. The van der Waals surface area contributed by atoms with Gasteiger partial charge in [0, 0.05) is 17.9 Å². The predicted molar refractivity (Wildman–Crippen MR) is 68.6 cm³/mol. The van der Waals surface area contributed by atoms with Gasteiger partial charge in [-0.3, -0.25) is 4.90 Å². The van der Waals surface area contributed by atoms with E-state index in [1.165, 1.54) is 13.0 Å². The van der Waals surface area contributed by atoms with E-state index < -0.39 is 0 Å². The Morgan fingerprint density at radius 1 is 1.40 bits per heavy atom. The molecule has 1 aliphatic heterocycles. The van der Waals surface area contributed by atoms with E-state index in [1.807, 2.05) is 0 Å². The quantitative estimate of drug-likeness (QED) is 0.736. The maximum Gasteiger partial charge on any atom is 0.0600 e. The van der Waals surface area contributed by atoms with Crippen LogP contribution in [0.1, 0.15) is 34.1 Å². The first-order valence-electron chi connectivity index (χ1n) is 5.89. The first kappa shape index (κ1) is 13.5. The number of ether oxygens (including phenoxy) is 1.